The summed E-state index contributed by atoms with van der Waals surface area (Å²) in [5.74, 6) is -0.741. The van der Waals surface area contributed by atoms with E-state index in [1.165, 1.54) is 0 Å². The molecule has 3 heteroatoms. The molecule has 0 spiro atoms. The van der Waals surface area contributed by atoms with Gasteiger partial charge < -0.3 is 4.74 Å². The van der Waals surface area contributed by atoms with Crippen LogP contribution in [-0.2, 0) is 9.53 Å². The van der Waals surface area contributed by atoms with Crippen LogP contribution in [0, 0.1) is 6.92 Å². The van der Waals surface area contributed by atoms with Crippen LogP contribution >= 0.6 is 0 Å². The maximum Gasteiger partial charge on any atom is 0.333 e. The highest BCUT2D eigenvalue weighted by Gasteiger charge is 2.11. The summed E-state index contributed by atoms with van der Waals surface area (Å²) in [6.07, 6.45) is 0. The van der Waals surface area contributed by atoms with E-state index in [4.69, 9.17) is 4.74 Å². The molecule has 0 unspecified atom stereocenters. The van der Waals surface area contributed by atoms with E-state index in [1.54, 1.807) is 19.1 Å². The van der Waals surface area contributed by atoms with Crippen LogP contribution in [0.15, 0.2) is 36.4 Å². The molecule has 3 nitrogen and oxygen atoms in total. The third-order valence-corrected chi connectivity index (χ3v) is 2.13. The minimum Gasteiger partial charge on any atom is -0.454 e. The Labute approximate surface area is 94.7 Å². The predicted octanol–water partition coefficient (Wildman–Crippen LogP) is 2.30. The molecule has 1 aromatic carbocycles. The lowest BCUT2D eigenvalue weighted by atomic mass is 10.1. The quantitative estimate of drug-likeness (QED) is 0.442. The Kier molecular flexibility index (Phi) is 4.00. The van der Waals surface area contributed by atoms with Crippen molar-refractivity contribution in [1.82, 2.24) is 0 Å². The molecular formula is C13H14O3. The number of carbonyl (C=O) groups excluding carboxylic acids is 2. The molecule has 0 bridgehead atoms. The molecule has 16 heavy (non-hydrogen) atoms. The molecule has 1 aromatic rings. The Hall–Kier alpha value is -1.90. The van der Waals surface area contributed by atoms with Crippen molar-refractivity contribution in [2.75, 3.05) is 6.61 Å². The maximum atomic E-state index is 11.7. The first-order chi connectivity index (χ1) is 7.52. The van der Waals surface area contributed by atoms with E-state index in [-0.39, 0.29) is 18.0 Å². The van der Waals surface area contributed by atoms with Crippen molar-refractivity contribution < 1.29 is 14.3 Å². The third kappa shape index (κ3) is 3.05. The number of hydrogen-bond acceptors (Lipinski definition) is 3. The van der Waals surface area contributed by atoms with Crippen LogP contribution in [0.4, 0.5) is 0 Å². The number of carbonyl (C=O) groups is 2. The van der Waals surface area contributed by atoms with E-state index in [2.05, 4.69) is 6.58 Å². The Bertz CT molecular complexity index is 433. The van der Waals surface area contributed by atoms with Crippen LogP contribution in [0.3, 0.4) is 0 Å². The first-order valence-electron chi connectivity index (χ1n) is 4.94. The largest absolute Gasteiger partial charge is 0.454 e. The van der Waals surface area contributed by atoms with Gasteiger partial charge in [0.25, 0.3) is 0 Å². The molecule has 0 N–H and O–H groups in total. The fourth-order valence-corrected chi connectivity index (χ4v) is 1.22. The second-order valence-electron chi connectivity index (χ2n) is 3.59. The average Bonchev–Trinajstić information content (AvgIpc) is 2.25. The van der Waals surface area contributed by atoms with Crippen molar-refractivity contribution in [2.24, 2.45) is 0 Å². The second-order valence-corrected chi connectivity index (χ2v) is 3.59. The Morgan fingerprint density at radius 1 is 1.31 bits per heavy atom. The number of ketones is 1. The molecule has 0 aliphatic heterocycles. The Morgan fingerprint density at radius 2 is 1.94 bits per heavy atom. The van der Waals surface area contributed by atoms with Gasteiger partial charge in [-0.1, -0.05) is 30.8 Å². The molecule has 84 valence electrons. The molecule has 0 atom stereocenters. The molecule has 0 aromatic heterocycles. The predicted molar refractivity (Wildman–Crippen MR) is 61.3 cm³/mol. The molecule has 0 saturated heterocycles. The zero-order valence-electron chi connectivity index (χ0n) is 9.45. The van der Waals surface area contributed by atoms with E-state index in [0.29, 0.717) is 5.56 Å². The van der Waals surface area contributed by atoms with Crippen LogP contribution in [0.25, 0.3) is 0 Å². The van der Waals surface area contributed by atoms with Gasteiger partial charge in [-0.25, -0.2) is 4.79 Å². The van der Waals surface area contributed by atoms with Crippen molar-refractivity contribution in [3.05, 3.63) is 47.5 Å². The van der Waals surface area contributed by atoms with Gasteiger partial charge in [-0.2, -0.15) is 0 Å². The molecule has 0 amide bonds. The summed E-state index contributed by atoms with van der Waals surface area (Å²) in [6, 6.07) is 7.19. The standard InChI is InChI=1S/C13H14O3/c1-9(2)13(15)16-8-12(14)11-7-5-4-6-10(11)3/h4-7H,1,8H2,2-3H3. The number of hydrogen-bond donors (Lipinski definition) is 0. The molecule has 0 heterocycles. The van der Waals surface area contributed by atoms with Crippen molar-refractivity contribution in [1.29, 1.82) is 0 Å². The SMILES string of the molecule is C=C(C)C(=O)OCC(=O)c1ccccc1C. The number of benzene rings is 1. The van der Waals surface area contributed by atoms with Gasteiger partial charge in [-0.05, 0) is 19.4 Å². The van der Waals surface area contributed by atoms with Crippen molar-refractivity contribution in [3.63, 3.8) is 0 Å². The van der Waals surface area contributed by atoms with Crippen LogP contribution in [-0.4, -0.2) is 18.4 Å². The average molecular weight is 218 g/mol. The molecule has 0 radical (unpaired) electrons. The van der Waals surface area contributed by atoms with Crippen LogP contribution in [0.5, 0.6) is 0 Å². The third-order valence-electron chi connectivity index (χ3n) is 2.13. The van der Waals surface area contributed by atoms with Gasteiger partial charge in [-0.3, -0.25) is 4.79 Å². The van der Waals surface area contributed by atoms with Crippen LogP contribution in [0.1, 0.15) is 22.8 Å². The zero-order chi connectivity index (χ0) is 12.1. The minimum absolute atomic E-state index is 0.201. The summed E-state index contributed by atoms with van der Waals surface area (Å²) in [5.41, 5.74) is 1.74. The molecule has 0 saturated carbocycles. The fraction of sp³-hybridized carbons (Fsp3) is 0.231. The van der Waals surface area contributed by atoms with Crippen LogP contribution < -0.4 is 0 Å². The normalized spacial score (nSPS) is 9.62. The van der Waals surface area contributed by atoms with Gasteiger partial charge in [0.1, 0.15) is 0 Å². The highest BCUT2D eigenvalue weighted by molar-refractivity contribution is 6.00. The molecule has 0 fully saturated rings. The summed E-state index contributed by atoms with van der Waals surface area (Å²) >= 11 is 0. The monoisotopic (exact) mass is 218 g/mol. The van der Waals surface area contributed by atoms with Gasteiger partial charge in [0.2, 0.25) is 5.78 Å². The van der Waals surface area contributed by atoms with E-state index in [9.17, 15) is 9.59 Å². The first-order valence-corrected chi connectivity index (χ1v) is 4.94. The van der Waals surface area contributed by atoms with Gasteiger partial charge in [-0.15, -0.1) is 0 Å². The van der Waals surface area contributed by atoms with Gasteiger partial charge in [0, 0.05) is 11.1 Å². The maximum absolute atomic E-state index is 11.7. The summed E-state index contributed by atoms with van der Waals surface area (Å²) in [7, 11) is 0. The van der Waals surface area contributed by atoms with E-state index >= 15 is 0 Å². The number of ether oxygens (including phenoxy) is 1. The fourth-order valence-electron chi connectivity index (χ4n) is 1.22. The smallest absolute Gasteiger partial charge is 0.333 e. The van der Waals surface area contributed by atoms with Gasteiger partial charge in [0.15, 0.2) is 6.61 Å². The minimum atomic E-state index is -0.540. The second kappa shape index (κ2) is 5.26. The molecule has 0 aliphatic rings. The van der Waals surface area contributed by atoms with E-state index in [0.717, 1.165) is 5.56 Å². The van der Waals surface area contributed by atoms with Crippen molar-refractivity contribution in [3.8, 4) is 0 Å². The number of rotatable bonds is 4. The number of aryl methyl sites for hydroxylation is 1. The summed E-state index contributed by atoms with van der Waals surface area (Å²) in [4.78, 5) is 22.8. The first kappa shape index (κ1) is 12.2. The van der Waals surface area contributed by atoms with Crippen molar-refractivity contribution in [2.45, 2.75) is 13.8 Å². The lowest BCUT2D eigenvalue weighted by Crippen LogP contribution is -2.15. The number of esters is 1. The van der Waals surface area contributed by atoms with E-state index < -0.39 is 5.97 Å². The lowest BCUT2D eigenvalue weighted by Gasteiger charge is -2.05. The lowest BCUT2D eigenvalue weighted by molar-refractivity contribution is -0.137. The highest BCUT2D eigenvalue weighted by atomic mass is 16.5. The van der Waals surface area contributed by atoms with E-state index in [1.807, 2.05) is 19.1 Å². The molecular weight excluding hydrogens is 204 g/mol. The summed E-state index contributed by atoms with van der Waals surface area (Å²) in [6.45, 7) is 6.58. The zero-order valence-corrected chi connectivity index (χ0v) is 9.45. The van der Waals surface area contributed by atoms with Crippen LogP contribution in [0.2, 0.25) is 0 Å². The molecule has 1 rings (SSSR count). The summed E-state index contributed by atoms with van der Waals surface area (Å²) in [5, 5.41) is 0. The van der Waals surface area contributed by atoms with Crippen molar-refractivity contribution >= 4 is 11.8 Å². The highest BCUT2D eigenvalue weighted by Crippen LogP contribution is 2.08. The van der Waals surface area contributed by atoms with Gasteiger partial charge in [0.05, 0.1) is 0 Å². The number of Topliss-reactive ketones (excluding diaryl/α,β-unsaturated/α-hetero) is 1. The van der Waals surface area contributed by atoms with Gasteiger partial charge >= 0.3 is 5.97 Å². The topological polar surface area (TPSA) is 43.4 Å². The Balaban J connectivity index is 2.64. The Morgan fingerprint density at radius 3 is 2.50 bits per heavy atom. The molecule has 0 aliphatic carbocycles. The summed E-state index contributed by atoms with van der Waals surface area (Å²) < 4.78 is 4.79.